The molecule has 1 N–H and O–H groups in total. The van der Waals surface area contributed by atoms with Crippen LogP contribution in [0.5, 0.6) is 5.75 Å². The number of aliphatic hydroxyl groups is 1. The molecule has 120 valence electrons. The molecule has 2 rings (SSSR count). The van der Waals surface area contributed by atoms with Crippen molar-refractivity contribution in [1.82, 2.24) is 4.90 Å². The Kier molecular flexibility index (Phi) is 6.94. The van der Waals surface area contributed by atoms with E-state index in [1.54, 1.807) is 0 Å². The first kappa shape index (κ1) is 18.2. The zero-order chi connectivity index (χ0) is 14.6. The summed E-state index contributed by atoms with van der Waals surface area (Å²) in [6, 6.07) is 7.86. The van der Waals surface area contributed by atoms with Crippen LogP contribution in [0.25, 0.3) is 0 Å². The van der Waals surface area contributed by atoms with E-state index in [4.69, 9.17) is 9.47 Å². The summed E-state index contributed by atoms with van der Waals surface area (Å²) in [4.78, 5) is 2.27. The van der Waals surface area contributed by atoms with Gasteiger partial charge in [0.15, 0.2) is 0 Å². The Hall–Kier alpha value is -0.810. The van der Waals surface area contributed by atoms with Crippen LogP contribution < -0.4 is 4.74 Å². The van der Waals surface area contributed by atoms with E-state index >= 15 is 0 Å². The molecule has 4 nitrogen and oxygen atoms in total. The van der Waals surface area contributed by atoms with Crippen LogP contribution in [0, 0.1) is 6.92 Å². The van der Waals surface area contributed by atoms with Gasteiger partial charge in [-0.05, 0) is 32.4 Å². The summed E-state index contributed by atoms with van der Waals surface area (Å²) in [5.74, 6) is 0.841. The number of benzene rings is 1. The highest BCUT2D eigenvalue weighted by Gasteiger charge is 2.31. The highest BCUT2D eigenvalue weighted by molar-refractivity contribution is 5.85. The van der Waals surface area contributed by atoms with Crippen LogP contribution in [0.2, 0.25) is 0 Å². The number of aryl methyl sites for hydroxylation is 1. The lowest BCUT2D eigenvalue weighted by Crippen LogP contribution is -2.55. The molecule has 1 atom stereocenters. The van der Waals surface area contributed by atoms with Crippen LogP contribution in [0.1, 0.15) is 19.4 Å². The molecule has 1 unspecified atom stereocenters. The lowest BCUT2D eigenvalue weighted by Gasteiger charge is -2.42. The number of nitrogens with zero attached hydrogens (tertiary/aromatic N) is 1. The highest BCUT2D eigenvalue weighted by atomic mass is 35.5. The van der Waals surface area contributed by atoms with E-state index in [-0.39, 0.29) is 17.9 Å². The number of ether oxygens (including phenoxy) is 2. The van der Waals surface area contributed by atoms with E-state index in [0.717, 1.165) is 24.5 Å². The standard InChI is InChI=1S/C16H25NO3.ClH/c1-13-6-4-5-7-15(13)20-11-14(18)10-17-8-9-19-12-16(17,2)3;/h4-7,14,18H,8-12H2,1-3H3;1H. The number of hydrogen-bond acceptors (Lipinski definition) is 4. The van der Waals surface area contributed by atoms with Crippen molar-refractivity contribution in [2.45, 2.75) is 32.4 Å². The van der Waals surface area contributed by atoms with E-state index in [0.29, 0.717) is 19.8 Å². The van der Waals surface area contributed by atoms with Gasteiger partial charge < -0.3 is 14.6 Å². The fourth-order valence-corrected chi connectivity index (χ4v) is 2.44. The molecule has 0 radical (unpaired) electrons. The minimum Gasteiger partial charge on any atom is -0.491 e. The Balaban J connectivity index is 0.00000220. The van der Waals surface area contributed by atoms with E-state index in [1.807, 2.05) is 31.2 Å². The van der Waals surface area contributed by atoms with Gasteiger partial charge in [0.05, 0.1) is 13.2 Å². The SMILES string of the molecule is Cc1ccccc1OCC(O)CN1CCOCC1(C)C.Cl. The van der Waals surface area contributed by atoms with Gasteiger partial charge in [-0.3, -0.25) is 4.90 Å². The Bertz CT molecular complexity index is 439. The van der Waals surface area contributed by atoms with E-state index in [2.05, 4.69) is 18.7 Å². The molecule has 1 saturated heterocycles. The topological polar surface area (TPSA) is 41.9 Å². The number of para-hydroxylation sites is 1. The molecule has 0 aliphatic carbocycles. The summed E-state index contributed by atoms with van der Waals surface area (Å²) < 4.78 is 11.2. The van der Waals surface area contributed by atoms with Crippen LogP contribution in [0.3, 0.4) is 0 Å². The number of morpholine rings is 1. The summed E-state index contributed by atoms with van der Waals surface area (Å²) in [6.07, 6.45) is -0.494. The molecule has 0 spiro atoms. The van der Waals surface area contributed by atoms with Gasteiger partial charge in [-0.25, -0.2) is 0 Å². The Morgan fingerprint density at radius 2 is 2.10 bits per heavy atom. The van der Waals surface area contributed by atoms with Crippen molar-refractivity contribution < 1.29 is 14.6 Å². The molecule has 1 fully saturated rings. The van der Waals surface area contributed by atoms with Crippen LogP contribution in [0.15, 0.2) is 24.3 Å². The third kappa shape index (κ3) is 5.15. The van der Waals surface area contributed by atoms with Gasteiger partial charge in [-0.1, -0.05) is 18.2 Å². The maximum Gasteiger partial charge on any atom is 0.122 e. The number of β-amino-alcohol motifs (C(OH)–C–C–N with tert-alkyl or cyclic N) is 1. The molecule has 0 bridgehead atoms. The van der Waals surface area contributed by atoms with Crippen molar-refractivity contribution in [3.05, 3.63) is 29.8 Å². The lowest BCUT2D eigenvalue weighted by atomic mass is 10.0. The second-order valence-corrected chi connectivity index (χ2v) is 6.04. The zero-order valence-corrected chi connectivity index (χ0v) is 13.9. The molecule has 1 aliphatic heterocycles. The second kappa shape index (κ2) is 7.99. The number of halogens is 1. The van der Waals surface area contributed by atoms with Crippen LogP contribution >= 0.6 is 12.4 Å². The molecule has 0 amide bonds. The summed E-state index contributed by atoms with van der Waals surface area (Å²) in [5.41, 5.74) is 1.06. The predicted octanol–water partition coefficient (Wildman–Crippen LogP) is 2.27. The largest absolute Gasteiger partial charge is 0.491 e. The van der Waals surface area contributed by atoms with Crippen molar-refractivity contribution in [1.29, 1.82) is 0 Å². The van der Waals surface area contributed by atoms with Crippen molar-refractivity contribution in [3.63, 3.8) is 0 Å². The second-order valence-electron chi connectivity index (χ2n) is 6.04. The quantitative estimate of drug-likeness (QED) is 0.905. The number of aliphatic hydroxyl groups excluding tert-OH is 1. The minimum atomic E-state index is -0.494. The molecule has 1 aromatic rings. The average Bonchev–Trinajstić information content (AvgIpc) is 2.40. The molecular formula is C16H26ClNO3. The average molecular weight is 316 g/mol. The van der Waals surface area contributed by atoms with E-state index in [9.17, 15) is 5.11 Å². The highest BCUT2D eigenvalue weighted by Crippen LogP contribution is 2.20. The number of hydrogen-bond donors (Lipinski definition) is 1. The Morgan fingerprint density at radius 3 is 2.76 bits per heavy atom. The maximum absolute atomic E-state index is 10.2. The maximum atomic E-state index is 10.2. The molecular weight excluding hydrogens is 290 g/mol. The van der Waals surface area contributed by atoms with Gasteiger partial charge in [-0.2, -0.15) is 0 Å². The van der Waals surface area contributed by atoms with Gasteiger partial charge in [0.25, 0.3) is 0 Å². The van der Waals surface area contributed by atoms with Gasteiger partial charge >= 0.3 is 0 Å². The van der Waals surface area contributed by atoms with Gasteiger partial charge in [0.1, 0.15) is 18.5 Å². The van der Waals surface area contributed by atoms with Crippen LogP contribution in [-0.4, -0.2) is 54.6 Å². The molecule has 21 heavy (non-hydrogen) atoms. The molecule has 1 heterocycles. The van der Waals surface area contributed by atoms with Crippen LogP contribution in [0.4, 0.5) is 0 Å². The summed E-state index contributed by atoms with van der Waals surface area (Å²) in [5, 5.41) is 10.2. The van der Waals surface area contributed by atoms with Crippen molar-refractivity contribution in [2.24, 2.45) is 0 Å². The fourth-order valence-electron chi connectivity index (χ4n) is 2.44. The first-order valence-corrected chi connectivity index (χ1v) is 7.18. The van der Waals surface area contributed by atoms with Crippen LogP contribution in [-0.2, 0) is 4.74 Å². The number of rotatable bonds is 5. The van der Waals surface area contributed by atoms with E-state index in [1.165, 1.54) is 0 Å². The molecule has 0 aromatic heterocycles. The van der Waals surface area contributed by atoms with Crippen molar-refractivity contribution in [3.8, 4) is 5.75 Å². The third-order valence-electron chi connectivity index (χ3n) is 3.77. The molecule has 5 heteroatoms. The molecule has 0 saturated carbocycles. The zero-order valence-electron chi connectivity index (χ0n) is 13.0. The third-order valence-corrected chi connectivity index (χ3v) is 3.77. The van der Waals surface area contributed by atoms with Crippen molar-refractivity contribution >= 4 is 12.4 Å². The van der Waals surface area contributed by atoms with E-state index < -0.39 is 6.10 Å². The summed E-state index contributed by atoms with van der Waals surface area (Å²) in [6.45, 7) is 9.51. The van der Waals surface area contributed by atoms with Gasteiger partial charge in [0.2, 0.25) is 0 Å². The van der Waals surface area contributed by atoms with Gasteiger partial charge in [0, 0.05) is 18.6 Å². The normalized spacial score (nSPS) is 19.6. The molecule has 1 aliphatic rings. The Labute approximate surface area is 133 Å². The smallest absolute Gasteiger partial charge is 0.122 e. The van der Waals surface area contributed by atoms with Gasteiger partial charge in [-0.15, -0.1) is 12.4 Å². The monoisotopic (exact) mass is 315 g/mol. The minimum absolute atomic E-state index is 0. The first-order chi connectivity index (χ1) is 9.49. The predicted molar refractivity (Wildman–Crippen MR) is 86.4 cm³/mol. The summed E-state index contributed by atoms with van der Waals surface area (Å²) >= 11 is 0. The summed E-state index contributed by atoms with van der Waals surface area (Å²) in [7, 11) is 0. The Morgan fingerprint density at radius 1 is 1.38 bits per heavy atom. The molecule has 1 aromatic carbocycles. The lowest BCUT2D eigenvalue weighted by molar-refractivity contribution is -0.0703. The fraction of sp³-hybridized carbons (Fsp3) is 0.625. The van der Waals surface area contributed by atoms with Crippen molar-refractivity contribution in [2.75, 3.05) is 32.9 Å². The first-order valence-electron chi connectivity index (χ1n) is 7.18.